The van der Waals surface area contributed by atoms with E-state index in [2.05, 4.69) is 38.5 Å². The largest absolute Gasteiger partial charge is 0.107 e. The minimum Gasteiger partial charge on any atom is -0.107 e. The van der Waals surface area contributed by atoms with Crippen LogP contribution in [-0.4, -0.2) is 16.9 Å². The lowest BCUT2D eigenvalue weighted by atomic mass is 10.9. The summed E-state index contributed by atoms with van der Waals surface area (Å²) in [5.74, 6) is 0. The first-order chi connectivity index (χ1) is 4.48. The van der Waals surface area contributed by atoms with Crippen LogP contribution >= 0.6 is 0 Å². The van der Waals surface area contributed by atoms with Crippen molar-refractivity contribution >= 4 is 16.9 Å². The van der Waals surface area contributed by atoms with E-state index in [0.717, 1.165) is 0 Å². The Hall–Kier alpha value is 0.174. The van der Waals surface area contributed by atoms with Crippen molar-refractivity contribution in [1.82, 2.24) is 0 Å². The Morgan fingerprint density at radius 1 is 1.40 bits per heavy atom. The molecule has 0 nitrogen and oxygen atoms in total. The zero-order valence-electron chi connectivity index (χ0n) is 7.78. The van der Waals surface area contributed by atoms with Gasteiger partial charge in [0.1, 0.15) is 0 Å². The first-order valence-electron chi connectivity index (χ1n) is 4.11. The third kappa shape index (κ3) is 5.00. The molecule has 0 rings (SSSR count). The highest BCUT2D eigenvalue weighted by Crippen LogP contribution is 2.14. The van der Waals surface area contributed by atoms with Crippen molar-refractivity contribution in [3.8, 4) is 0 Å². The Labute approximate surface area is 68.0 Å². The fourth-order valence-corrected chi connectivity index (χ4v) is 6.25. The summed E-state index contributed by atoms with van der Waals surface area (Å²) in [7, 11) is -1.24. The van der Waals surface area contributed by atoms with Crippen LogP contribution in [0.3, 0.4) is 0 Å². The van der Waals surface area contributed by atoms with Gasteiger partial charge in [-0.3, -0.25) is 0 Å². The van der Waals surface area contributed by atoms with Crippen LogP contribution in [-0.2, 0) is 0 Å². The molecule has 0 fully saturated rings. The molecule has 0 amide bonds. The van der Waals surface area contributed by atoms with E-state index in [0.29, 0.717) is 0 Å². The maximum absolute atomic E-state index is 3.89. The van der Waals surface area contributed by atoms with Gasteiger partial charge in [-0.25, -0.2) is 0 Å². The highest BCUT2D eigenvalue weighted by molar-refractivity contribution is 6.83. The van der Waals surface area contributed by atoms with Gasteiger partial charge in [-0.05, 0) is 0 Å². The van der Waals surface area contributed by atoms with E-state index in [1.54, 1.807) is 0 Å². The Balaban J connectivity index is 3.56. The van der Waals surface area contributed by atoms with E-state index in [1.807, 2.05) is 0 Å². The summed E-state index contributed by atoms with van der Waals surface area (Å²) in [6, 6.07) is 2.96. The van der Waals surface area contributed by atoms with Crippen LogP contribution in [0.4, 0.5) is 0 Å². The molecule has 0 saturated heterocycles. The van der Waals surface area contributed by atoms with Crippen LogP contribution in [0.15, 0.2) is 12.3 Å². The molecule has 0 aliphatic heterocycles. The molecular weight excluding hydrogens is 152 g/mol. The molecule has 0 N–H and O–H groups in total. The van der Waals surface area contributed by atoms with E-state index >= 15 is 0 Å². The van der Waals surface area contributed by atoms with Crippen molar-refractivity contribution in [3.63, 3.8) is 0 Å². The highest BCUT2D eigenvalue weighted by Gasteiger charge is 2.15. The third-order valence-corrected chi connectivity index (χ3v) is 6.62. The first-order valence-corrected chi connectivity index (χ1v) is 10.5. The molecule has 0 aliphatic rings. The third-order valence-electron chi connectivity index (χ3n) is 1.92. The Morgan fingerprint density at radius 3 is 2.20 bits per heavy atom. The van der Waals surface area contributed by atoms with Crippen LogP contribution in [0.25, 0.3) is 0 Å². The molecule has 0 radical (unpaired) electrons. The second-order valence-corrected chi connectivity index (χ2v) is 12.4. The van der Waals surface area contributed by atoms with Crippen molar-refractivity contribution < 1.29 is 0 Å². The zero-order chi connectivity index (χ0) is 8.20. The summed E-state index contributed by atoms with van der Waals surface area (Å²) >= 11 is 0. The SMILES string of the molecule is C=C[Si](C)(C)CC[SiH](C)C. The topological polar surface area (TPSA) is 0 Å². The average Bonchev–Trinajstić information content (AvgIpc) is 1.85. The van der Waals surface area contributed by atoms with Gasteiger partial charge in [0, 0.05) is 8.80 Å². The standard InChI is InChI=1S/C8H20Si2/c1-6-10(4,5)8-7-9(2)3/h6,9H,1,7-8H2,2-5H3. The molecule has 10 heavy (non-hydrogen) atoms. The molecule has 0 unspecified atom stereocenters. The highest BCUT2D eigenvalue weighted by atomic mass is 28.3. The van der Waals surface area contributed by atoms with E-state index in [1.165, 1.54) is 12.1 Å². The van der Waals surface area contributed by atoms with E-state index in [4.69, 9.17) is 0 Å². The molecular formula is C8H20Si2. The number of hydrogen-bond acceptors (Lipinski definition) is 0. The van der Waals surface area contributed by atoms with Crippen LogP contribution in [0.2, 0.25) is 38.3 Å². The normalized spacial score (nSPS) is 12.1. The molecule has 0 aromatic heterocycles. The van der Waals surface area contributed by atoms with Gasteiger partial charge < -0.3 is 0 Å². The number of rotatable bonds is 4. The van der Waals surface area contributed by atoms with Crippen molar-refractivity contribution in [3.05, 3.63) is 12.3 Å². The molecule has 0 heterocycles. The molecule has 0 aromatic rings. The maximum Gasteiger partial charge on any atom is 0.0706 e. The summed E-state index contributed by atoms with van der Waals surface area (Å²) < 4.78 is 0. The summed E-state index contributed by atoms with van der Waals surface area (Å²) in [4.78, 5) is 0. The van der Waals surface area contributed by atoms with E-state index in [9.17, 15) is 0 Å². The minimum atomic E-state index is -0.941. The molecule has 0 aliphatic carbocycles. The van der Waals surface area contributed by atoms with Crippen molar-refractivity contribution in [2.24, 2.45) is 0 Å². The summed E-state index contributed by atoms with van der Waals surface area (Å²) in [6.45, 7) is 13.5. The summed E-state index contributed by atoms with van der Waals surface area (Å²) in [6.07, 6.45) is 0. The Kier molecular flexibility index (Phi) is 4.21. The van der Waals surface area contributed by atoms with Crippen molar-refractivity contribution in [2.45, 2.75) is 38.3 Å². The van der Waals surface area contributed by atoms with Gasteiger partial charge in [0.05, 0.1) is 8.07 Å². The van der Waals surface area contributed by atoms with Gasteiger partial charge in [0.2, 0.25) is 0 Å². The lowest BCUT2D eigenvalue weighted by Crippen LogP contribution is -2.23. The van der Waals surface area contributed by atoms with Crippen LogP contribution in [0.1, 0.15) is 0 Å². The van der Waals surface area contributed by atoms with Gasteiger partial charge >= 0.3 is 0 Å². The first kappa shape index (κ1) is 10.2. The lowest BCUT2D eigenvalue weighted by Gasteiger charge is -2.17. The summed E-state index contributed by atoms with van der Waals surface area (Å²) in [5, 5.41) is 0. The van der Waals surface area contributed by atoms with E-state index < -0.39 is 8.07 Å². The maximum atomic E-state index is 3.89. The Bertz CT molecular complexity index is 106. The van der Waals surface area contributed by atoms with Gasteiger partial charge in [0.25, 0.3) is 0 Å². The quantitative estimate of drug-likeness (QED) is 0.572. The second kappa shape index (κ2) is 4.14. The Morgan fingerprint density at radius 2 is 1.90 bits per heavy atom. The fourth-order valence-electron chi connectivity index (χ4n) is 0.763. The predicted molar refractivity (Wildman–Crippen MR) is 56.2 cm³/mol. The van der Waals surface area contributed by atoms with Gasteiger partial charge in [-0.2, -0.15) is 0 Å². The summed E-state index contributed by atoms with van der Waals surface area (Å²) in [5.41, 5.74) is 2.21. The smallest absolute Gasteiger partial charge is 0.0706 e. The van der Waals surface area contributed by atoms with Crippen LogP contribution < -0.4 is 0 Å². The lowest BCUT2D eigenvalue weighted by molar-refractivity contribution is 1.32. The van der Waals surface area contributed by atoms with Crippen molar-refractivity contribution in [2.75, 3.05) is 0 Å². The fraction of sp³-hybridized carbons (Fsp3) is 0.750. The monoisotopic (exact) mass is 172 g/mol. The molecule has 60 valence electrons. The van der Waals surface area contributed by atoms with Crippen LogP contribution in [0, 0.1) is 0 Å². The minimum absolute atomic E-state index is 0.297. The van der Waals surface area contributed by atoms with Crippen LogP contribution in [0.5, 0.6) is 0 Å². The van der Waals surface area contributed by atoms with Gasteiger partial charge in [-0.1, -0.05) is 38.3 Å². The molecule has 0 saturated carbocycles. The van der Waals surface area contributed by atoms with Crippen molar-refractivity contribution in [1.29, 1.82) is 0 Å². The van der Waals surface area contributed by atoms with Gasteiger partial charge in [-0.15, -0.1) is 12.3 Å². The molecule has 2 heteroatoms. The van der Waals surface area contributed by atoms with Gasteiger partial charge in [0.15, 0.2) is 0 Å². The van der Waals surface area contributed by atoms with E-state index in [-0.39, 0.29) is 8.80 Å². The molecule has 0 bridgehead atoms. The molecule has 0 atom stereocenters. The zero-order valence-corrected chi connectivity index (χ0v) is 9.93. The predicted octanol–water partition coefficient (Wildman–Crippen LogP) is 2.91. The molecule has 0 aromatic carbocycles. The average molecular weight is 172 g/mol. The molecule has 0 spiro atoms. The second-order valence-electron chi connectivity index (χ2n) is 4.13. The number of hydrogen-bond donors (Lipinski definition) is 0.